The van der Waals surface area contributed by atoms with Crippen molar-refractivity contribution in [1.29, 1.82) is 0 Å². The van der Waals surface area contributed by atoms with Gasteiger partial charge in [0.05, 0.1) is 22.4 Å². The van der Waals surface area contributed by atoms with E-state index in [-0.39, 0.29) is 0 Å². The van der Waals surface area contributed by atoms with E-state index in [0.29, 0.717) is 6.42 Å². The summed E-state index contributed by atoms with van der Waals surface area (Å²) < 4.78 is 6.36. The highest BCUT2D eigenvalue weighted by molar-refractivity contribution is 9.11. The molecule has 0 atom stereocenters. The lowest BCUT2D eigenvalue weighted by molar-refractivity contribution is 1.07. The van der Waals surface area contributed by atoms with Gasteiger partial charge in [-0.15, -0.1) is 0 Å². The number of benzene rings is 2. The van der Waals surface area contributed by atoms with Crippen LogP contribution in [0.25, 0.3) is 33.8 Å². The van der Waals surface area contributed by atoms with Gasteiger partial charge in [-0.2, -0.15) is 0 Å². The van der Waals surface area contributed by atoms with Gasteiger partial charge >= 0.3 is 0 Å². The average molecular weight is 558 g/mol. The Morgan fingerprint density at radius 3 is 1.42 bits per heavy atom. The van der Waals surface area contributed by atoms with Crippen molar-refractivity contribution in [3.8, 4) is 22.8 Å². The van der Waals surface area contributed by atoms with Crippen LogP contribution in [-0.2, 0) is 6.42 Å². The number of nitrogens with zero attached hydrogens (tertiary/aromatic N) is 4. The third kappa shape index (κ3) is 3.50. The first-order valence-corrected chi connectivity index (χ1v) is 12.2. The highest BCUT2D eigenvalue weighted by Crippen LogP contribution is 2.32. The molecule has 0 radical (unpaired) electrons. The van der Waals surface area contributed by atoms with Crippen LogP contribution in [0.15, 0.2) is 106 Å². The zero-order chi connectivity index (χ0) is 22.4. The fourth-order valence-corrected chi connectivity index (χ4v) is 5.21. The van der Waals surface area contributed by atoms with Gasteiger partial charge in [0.2, 0.25) is 0 Å². The van der Waals surface area contributed by atoms with Crippen molar-refractivity contribution < 1.29 is 0 Å². The van der Waals surface area contributed by atoms with Gasteiger partial charge in [-0.05, 0) is 36.4 Å². The van der Waals surface area contributed by atoms with Crippen LogP contribution in [0.1, 0.15) is 11.4 Å². The van der Waals surface area contributed by atoms with Gasteiger partial charge in [-0.3, -0.25) is 8.80 Å². The fourth-order valence-electron chi connectivity index (χ4n) is 4.29. The minimum atomic E-state index is 0.635. The Balaban J connectivity index is 1.53. The number of imidazole rings is 2. The van der Waals surface area contributed by atoms with Crippen LogP contribution in [0.2, 0.25) is 0 Å². The lowest BCUT2D eigenvalue weighted by atomic mass is 10.2. The van der Waals surface area contributed by atoms with Gasteiger partial charge in [0, 0.05) is 38.9 Å². The van der Waals surface area contributed by atoms with E-state index in [0.717, 1.165) is 54.1 Å². The molecule has 33 heavy (non-hydrogen) atoms. The number of hydrogen-bond donors (Lipinski definition) is 0. The first kappa shape index (κ1) is 20.4. The molecule has 2 aromatic carbocycles. The van der Waals surface area contributed by atoms with Crippen molar-refractivity contribution in [1.82, 2.24) is 18.8 Å². The third-order valence-electron chi connectivity index (χ3n) is 5.81. The Bertz CT molecular complexity index is 1510. The summed E-state index contributed by atoms with van der Waals surface area (Å²) in [5.74, 6) is 1.84. The minimum absolute atomic E-state index is 0.635. The second-order valence-corrected chi connectivity index (χ2v) is 9.52. The van der Waals surface area contributed by atoms with Crippen molar-refractivity contribution in [3.63, 3.8) is 0 Å². The van der Waals surface area contributed by atoms with Crippen LogP contribution in [0.3, 0.4) is 0 Å². The Morgan fingerprint density at radius 2 is 0.970 bits per heavy atom. The number of hydrogen-bond acceptors (Lipinski definition) is 2. The predicted molar refractivity (Wildman–Crippen MR) is 139 cm³/mol. The molecule has 0 N–H and O–H groups in total. The highest BCUT2D eigenvalue weighted by atomic mass is 79.9. The van der Waals surface area contributed by atoms with Gasteiger partial charge in [-0.25, -0.2) is 9.97 Å². The minimum Gasteiger partial charge on any atom is -0.299 e. The monoisotopic (exact) mass is 556 g/mol. The van der Waals surface area contributed by atoms with Gasteiger partial charge in [0.25, 0.3) is 0 Å². The van der Waals surface area contributed by atoms with Crippen LogP contribution in [0.4, 0.5) is 0 Å². The second kappa shape index (κ2) is 8.28. The van der Waals surface area contributed by atoms with Gasteiger partial charge < -0.3 is 0 Å². The summed E-state index contributed by atoms with van der Waals surface area (Å²) in [5.41, 5.74) is 6.31. The molecule has 0 unspecified atom stereocenters. The smallest absolute Gasteiger partial charge is 0.145 e. The molecule has 0 saturated heterocycles. The molecule has 0 spiro atoms. The maximum absolute atomic E-state index is 5.10. The Kier molecular flexibility index (Phi) is 5.12. The summed E-state index contributed by atoms with van der Waals surface area (Å²) in [4.78, 5) is 10.2. The molecule has 0 bridgehead atoms. The third-order valence-corrected chi connectivity index (χ3v) is 7.20. The average Bonchev–Trinajstić information content (AvgIpc) is 3.39. The molecule has 160 valence electrons. The number of rotatable bonds is 4. The predicted octanol–water partition coefficient (Wildman–Crippen LogP) is 7.43. The summed E-state index contributed by atoms with van der Waals surface area (Å²) in [6, 6.07) is 28.8. The Morgan fingerprint density at radius 1 is 0.545 bits per heavy atom. The number of halogens is 2. The van der Waals surface area contributed by atoms with E-state index in [2.05, 4.69) is 89.5 Å². The van der Waals surface area contributed by atoms with Crippen LogP contribution < -0.4 is 0 Å². The van der Waals surface area contributed by atoms with Crippen molar-refractivity contribution in [3.05, 3.63) is 118 Å². The summed E-state index contributed by atoms with van der Waals surface area (Å²) in [5, 5.41) is 0. The second-order valence-electron chi connectivity index (χ2n) is 7.81. The maximum atomic E-state index is 5.10. The molecule has 4 nitrogen and oxygen atoms in total. The van der Waals surface area contributed by atoms with Gasteiger partial charge in [-0.1, -0.05) is 80.4 Å². The van der Waals surface area contributed by atoms with E-state index in [1.54, 1.807) is 0 Å². The Hall–Kier alpha value is -3.22. The van der Waals surface area contributed by atoms with Crippen LogP contribution >= 0.6 is 31.9 Å². The van der Waals surface area contributed by atoms with E-state index in [1.807, 2.05) is 48.5 Å². The molecular formula is C27H18Br2N4. The van der Waals surface area contributed by atoms with Crippen molar-refractivity contribution in [2.24, 2.45) is 0 Å². The first-order valence-electron chi connectivity index (χ1n) is 10.6. The molecule has 4 aromatic heterocycles. The molecule has 6 rings (SSSR count). The Labute approximate surface area is 207 Å². The zero-order valence-electron chi connectivity index (χ0n) is 17.5. The highest BCUT2D eigenvalue weighted by Gasteiger charge is 2.19. The number of aromatic nitrogens is 4. The van der Waals surface area contributed by atoms with Crippen LogP contribution in [0.5, 0.6) is 0 Å². The summed E-state index contributed by atoms with van der Waals surface area (Å²) in [7, 11) is 0. The normalized spacial score (nSPS) is 11.5. The van der Waals surface area contributed by atoms with E-state index in [4.69, 9.17) is 9.97 Å². The standard InChI is InChI=1S/C27H18Br2N4/c28-20-11-3-1-9-18(20)26-30-22(24-13-5-7-15-32(24)26)17-23-25-14-6-8-16-33(25)27(31-23)19-10-2-4-12-21(19)29/h1-16H,17H2. The molecular weight excluding hydrogens is 540 g/mol. The molecule has 0 saturated carbocycles. The van der Waals surface area contributed by atoms with E-state index < -0.39 is 0 Å². The molecule has 6 aromatic rings. The molecule has 0 aliphatic heterocycles. The molecule has 0 fully saturated rings. The summed E-state index contributed by atoms with van der Waals surface area (Å²) in [6.07, 6.45) is 4.77. The fraction of sp³-hybridized carbons (Fsp3) is 0.0370. The largest absolute Gasteiger partial charge is 0.299 e. The van der Waals surface area contributed by atoms with Crippen LogP contribution in [-0.4, -0.2) is 18.8 Å². The van der Waals surface area contributed by atoms with Gasteiger partial charge in [0.15, 0.2) is 0 Å². The molecule has 0 amide bonds. The number of fused-ring (bicyclic) bond motifs is 2. The zero-order valence-corrected chi connectivity index (χ0v) is 20.7. The molecule has 0 aliphatic rings. The first-order chi connectivity index (χ1) is 16.2. The van der Waals surface area contributed by atoms with E-state index >= 15 is 0 Å². The summed E-state index contributed by atoms with van der Waals surface area (Å²) >= 11 is 7.38. The topological polar surface area (TPSA) is 34.6 Å². The van der Waals surface area contributed by atoms with Crippen molar-refractivity contribution >= 4 is 42.9 Å². The number of pyridine rings is 2. The molecule has 6 heteroatoms. The lowest BCUT2D eigenvalue weighted by Crippen LogP contribution is -1.91. The lowest BCUT2D eigenvalue weighted by Gasteiger charge is -2.03. The van der Waals surface area contributed by atoms with E-state index in [9.17, 15) is 0 Å². The quantitative estimate of drug-likeness (QED) is 0.226. The SMILES string of the molecule is Brc1ccccc1-c1nc(Cc2nc(-c3ccccc3Br)n3ccccc23)c2ccccn12. The van der Waals surface area contributed by atoms with E-state index in [1.165, 1.54) is 0 Å². The maximum Gasteiger partial charge on any atom is 0.145 e. The van der Waals surface area contributed by atoms with Crippen molar-refractivity contribution in [2.75, 3.05) is 0 Å². The van der Waals surface area contributed by atoms with Gasteiger partial charge in [0.1, 0.15) is 11.6 Å². The van der Waals surface area contributed by atoms with Crippen molar-refractivity contribution in [2.45, 2.75) is 6.42 Å². The summed E-state index contributed by atoms with van der Waals surface area (Å²) in [6.45, 7) is 0. The molecule has 0 aliphatic carbocycles. The van der Waals surface area contributed by atoms with Crippen LogP contribution in [0, 0.1) is 0 Å². The molecule has 4 heterocycles.